The molecule has 0 radical (unpaired) electrons. The van der Waals surface area contributed by atoms with Crippen molar-refractivity contribution in [2.24, 2.45) is 5.92 Å². The number of likely N-dealkylation sites (tertiary alicyclic amines) is 1. The van der Waals surface area contributed by atoms with Crippen LogP contribution in [-0.4, -0.2) is 41.8 Å². The molecule has 0 aromatic rings. The minimum atomic E-state index is -0.446. The Labute approximate surface area is 108 Å². The van der Waals surface area contributed by atoms with Crippen LogP contribution in [0.15, 0.2) is 0 Å². The molecule has 1 amide bonds. The molecule has 1 atom stereocenters. The van der Waals surface area contributed by atoms with Crippen LogP contribution in [0.5, 0.6) is 0 Å². The van der Waals surface area contributed by atoms with Crippen LogP contribution in [0.2, 0.25) is 0 Å². The Morgan fingerprint density at radius 2 is 2.06 bits per heavy atom. The molecule has 0 aromatic carbocycles. The van der Waals surface area contributed by atoms with E-state index in [2.05, 4.69) is 11.4 Å². The van der Waals surface area contributed by atoms with Gasteiger partial charge < -0.3 is 9.64 Å². The number of nitrogens with one attached hydrogen (secondary N) is 1. The smallest absolute Gasteiger partial charge is 0.410 e. The van der Waals surface area contributed by atoms with Gasteiger partial charge in [0.1, 0.15) is 5.60 Å². The Morgan fingerprint density at radius 1 is 1.44 bits per heavy atom. The number of amides is 1. The van der Waals surface area contributed by atoms with E-state index in [9.17, 15) is 4.79 Å². The van der Waals surface area contributed by atoms with Crippen molar-refractivity contribution < 1.29 is 9.53 Å². The van der Waals surface area contributed by atoms with Crippen LogP contribution < -0.4 is 5.32 Å². The molecule has 0 spiro atoms. The van der Waals surface area contributed by atoms with Gasteiger partial charge in [0.05, 0.1) is 12.1 Å². The second-order valence-corrected chi connectivity index (χ2v) is 6.19. The number of hydrogen-bond donors (Lipinski definition) is 1. The van der Waals surface area contributed by atoms with Crippen molar-refractivity contribution in [2.75, 3.05) is 13.1 Å². The van der Waals surface area contributed by atoms with E-state index in [1.807, 2.05) is 20.8 Å². The lowest BCUT2D eigenvalue weighted by molar-refractivity contribution is 0.00456. The summed E-state index contributed by atoms with van der Waals surface area (Å²) in [7, 11) is 0. The van der Waals surface area contributed by atoms with Crippen LogP contribution in [-0.2, 0) is 4.74 Å². The molecular weight excluding hydrogens is 230 g/mol. The van der Waals surface area contributed by atoms with E-state index in [1.165, 1.54) is 0 Å². The fourth-order valence-electron chi connectivity index (χ4n) is 2.02. The van der Waals surface area contributed by atoms with Crippen LogP contribution in [0.4, 0.5) is 4.79 Å². The molecule has 2 rings (SSSR count). The first kappa shape index (κ1) is 13.2. The van der Waals surface area contributed by atoms with Crippen molar-refractivity contribution in [3.8, 4) is 6.07 Å². The zero-order chi connectivity index (χ0) is 13.3. The first-order chi connectivity index (χ1) is 8.39. The number of nitrogens with zero attached hydrogens (tertiary/aromatic N) is 2. The van der Waals surface area contributed by atoms with Gasteiger partial charge in [0.25, 0.3) is 0 Å². The van der Waals surface area contributed by atoms with E-state index in [0.717, 1.165) is 12.8 Å². The van der Waals surface area contributed by atoms with Crippen LogP contribution >= 0.6 is 0 Å². The highest BCUT2D eigenvalue weighted by atomic mass is 16.6. The van der Waals surface area contributed by atoms with Gasteiger partial charge in [-0.1, -0.05) is 0 Å². The summed E-state index contributed by atoms with van der Waals surface area (Å²) < 4.78 is 5.28. The van der Waals surface area contributed by atoms with Gasteiger partial charge >= 0.3 is 6.09 Å². The lowest BCUT2D eigenvalue weighted by atomic mass is 10.1. The second kappa shape index (κ2) is 4.77. The first-order valence-electron chi connectivity index (χ1n) is 6.52. The zero-order valence-corrected chi connectivity index (χ0v) is 11.3. The highest BCUT2D eigenvalue weighted by Gasteiger charge is 2.38. The molecule has 0 aromatic heterocycles. The maximum absolute atomic E-state index is 11.7. The van der Waals surface area contributed by atoms with Crippen molar-refractivity contribution in [3.05, 3.63) is 0 Å². The molecule has 100 valence electrons. The van der Waals surface area contributed by atoms with Crippen LogP contribution in [0, 0.1) is 17.2 Å². The maximum Gasteiger partial charge on any atom is 0.410 e. The van der Waals surface area contributed by atoms with Crippen molar-refractivity contribution in [1.82, 2.24) is 10.2 Å². The van der Waals surface area contributed by atoms with Crippen LogP contribution in [0.3, 0.4) is 0 Å². The molecule has 2 fully saturated rings. The highest BCUT2D eigenvalue weighted by Crippen LogP contribution is 2.32. The largest absolute Gasteiger partial charge is 0.444 e. The Hall–Kier alpha value is -1.28. The van der Waals surface area contributed by atoms with Gasteiger partial charge in [0, 0.05) is 19.1 Å². The average molecular weight is 251 g/mol. The summed E-state index contributed by atoms with van der Waals surface area (Å²) in [5.74, 6) is 0.519. The minimum absolute atomic E-state index is 0.0456. The molecule has 1 saturated heterocycles. The van der Waals surface area contributed by atoms with Crippen molar-refractivity contribution in [1.29, 1.82) is 5.26 Å². The third kappa shape index (κ3) is 3.36. The normalized spacial score (nSPS) is 22.0. The molecule has 1 saturated carbocycles. The Kier molecular flexibility index (Phi) is 3.49. The predicted molar refractivity (Wildman–Crippen MR) is 66.9 cm³/mol. The second-order valence-electron chi connectivity index (χ2n) is 6.19. The van der Waals surface area contributed by atoms with E-state index in [1.54, 1.807) is 4.90 Å². The molecule has 18 heavy (non-hydrogen) atoms. The number of rotatable bonds is 3. The summed E-state index contributed by atoms with van der Waals surface area (Å²) in [6.45, 7) is 6.86. The van der Waals surface area contributed by atoms with E-state index in [0.29, 0.717) is 19.0 Å². The molecule has 0 bridgehead atoms. The summed E-state index contributed by atoms with van der Waals surface area (Å²) >= 11 is 0. The van der Waals surface area contributed by atoms with Crippen molar-refractivity contribution in [2.45, 2.75) is 51.3 Å². The lowest BCUT2D eigenvalue weighted by Gasteiger charge is -2.41. The minimum Gasteiger partial charge on any atom is -0.444 e. The maximum atomic E-state index is 11.7. The number of carbonyl (C=O) groups is 1. The number of hydrogen-bond acceptors (Lipinski definition) is 4. The summed E-state index contributed by atoms with van der Waals surface area (Å²) in [6, 6.07) is 2.49. The molecule has 1 unspecified atom stereocenters. The third-order valence-corrected chi connectivity index (χ3v) is 3.18. The number of ether oxygens (including phenoxy) is 1. The average Bonchev–Trinajstić information content (AvgIpc) is 2.96. The molecule has 2 aliphatic rings. The van der Waals surface area contributed by atoms with Gasteiger partial charge in [-0.3, -0.25) is 5.32 Å². The summed E-state index contributed by atoms with van der Waals surface area (Å²) in [4.78, 5) is 13.4. The van der Waals surface area contributed by atoms with E-state index >= 15 is 0 Å². The van der Waals surface area contributed by atoms with E-state index in [4.69, 9.17) is 10.00 Å². The summed E-state index contributed by atoms with van der Waals surface area (Å²) in [5.41, 5.74) is -0.446. The lowest BCUT2D eigenvalue weighted by Crippen LogP contribution is -2.62. The molecule has 1 N–H and O–H groups in total. The van der Waals surface area contributed by atoms with Crippen LogP contribution in [0.1, 0.15) is 33.6 Å². The standard InChI is InChI=1S/C13H21N3O2/c1-13(2,3)18-12(17)16-7-10(8-16)15-11(6-14)9-4-5-9/h9-11,15H,4-5,7-8H2,1-3H3. The fourth-order valence-corrected chi connectivity index (χ4v) is 2.02. The molecule has 5 heteroatoms. The molecule has 1 heterocycles. The van der Waals surface area contributed by atoms with Crippen molar-refractivity contribution in [3.63, 3.8) is 0 Å². The van der Waals surface area contributed by atoms with Gasteiger partial charge in [0.2, 0.25) is 0 Å². The van der Waals surface area contributed by atoms with Gasteiger partial charge in [0.15, 0.2) is 0 Å². The third-order valence-electron chi connectivity index (χ3n) is 3.18. The van der Waals surface area contributed by atoms with E-state index < -0.39 is 5.60 Å². The zero-order valence-electron chi connectivity index (χ0n) is 11.3. The topological polar surface area (TPSA) is 65.4 Å². The summed E-state index contributed by atoms with van der Waals surface area (Å²) in [6.07, 6.45) is 2.03. The number of nitriles is 1. The molecule has 5 nitrogen and oxygen atoms in total. The van der Waals surface area contributed by atoms with Crippen molar-refractivity contribution >= 4 is 6.09 Å². The predicted octanol–water partition coefficient (Wildman–Crippen LogP) is 1.50. The summed E-state index contributed by atoms with van der Waals surface area (Å²) in [5, 5.41) is 12.3. The van der Waals surface area contributed by atoms with E-state index in [-0.39, 0.29) is 18.2 Å². The van der Waals surface area contributed by atoms with Gasteiger partial charge in [-0.15, -0.1) is 0 Å². The Bertz CT molecular complexity index is 359. The quantitative estimate of drug-likeness (QED) is 0.825. The van der Waals surface area contributed by atoms with Gasteiger partial charge in [-0.2, -0.15) is 5.26 Å². The Balaban J connectivity index is 1.70. The molecule has 1 aliphatic carbocycles. The number of carbonyl (C=O) groups excluding carboxylic acids is 1. The first-order valence-corrected chi connectivity index (χ1v) is 6.52. The van der Waals surface area contributed by atoms with Gasteiger partial charge in [-0.05, 0) is 39.5 Å². The van der Waals surface area contributed by atoms with Crippen LogP contribution in [0.25, 0.3) is 0 Å². The molecular formula is C13H21N3O2. The SMILES string of the molecule is CC(C)(C)OC(=O)N1CC(NC(C#N)C2CC2)C1. The highest BCUT2D eigenvalue weighted by molar-refractivity contribution is 5.69. The van der Waals surface area contributed by atoms with Gasteiger partial charge in [-0.25, -0.2) is 4.79 Å². The monoisotopic (exact) mass is 251 g/mol. The molecule has 1 aliphatic heterocycles. The fraction of sp³-hybridized carbons (Fsp3) is 0.846. The Morgan fingerprint density at radius 3 is 2.50 bits per heavy atom.